The molecule has 2 heterocycles. The summed E-state index contributed by atoms with van der Waals surface area (Å²) in [6, 6.07) is 11.4. The van der Waals surface area contributed by atoms with Crippen LogP contribution in [0.2, 0.25) is 0 Å². The second-order valence-corrected chi connectivity index (χ2v) is 6.12. The Bertz CT molecular complexity index is 655. The molecule has 0 amide bonds. The second-order valence-electron chi connectivity index (χ2n) is 6.12. The second kappa shape index (κ2) is 7.95. The number of β-amino-alcohol motifs (C(OH)–C–C–N with tert-alkyl or cyclic N) is 1. The highest BCUT2D eigenvalue weighted by Gasteiger charge is 2.22. The minimum absolute atomic E-state index is 0.255. The van der Waals surface area contributed by atoms with Crippen LogP contribution in [0.1, 0.15) is 24.4 Å². The topological polar surface area (TPSA) is 74.3 Å². The van der Waals surface area contributed by atoms with Gasteiger partial charge in [-0.3, -0.25) is 4.68 Å². The lowest BCUT2D eigenvalue weighted by Gasteiger charge is -2.33. The van der Waals surface area contributed by atoms with Crippen LogP contribution < -0.4 is 4.74 Å². The van der Waals surface area contributed by atoms with Gasteiger partial charge in [0.15, 0.2) is 0 Å². The van der Waals surface area contributed by atoms with Gasteiger partial charge in [0.1, 0.15) is 18.5 Å². The molecule has 3 rings (SSSR count). The molecule has 0 spiro atoms. The molecule has 0 radical (unpaired) electrons. The highest BCUT2D eigenvalue weighted by molar-refractivity contribution is 5.34. The van der Waals surface area contributed by atoms with Gasteiger partial charge in [-0.05, 0) is 43.2 Å². The Morgan fingerprint density at radius 3 is 2.67 bits per heavy atom. The standard InChI is InChI=1S/C18H22N4O2/c19-12-15-2-4-18(5-3-15)24-14-17(23)13-21-10-6-16(7-11-21)22-9-1-8-20-22/h1-5,8-9,16-17,23H,6-7,10-11,13-14H2. The first-order chi connectivity index (χ1) is 11.7. The zero-order valence-electron chi connectivity index (χ0n) is 13.6. The Kier molecular flexibility index (Phi) is 5.47. The molecule has 126 valence electrons. The molecule has 1 N–H and O–H groups in total. The number of nitrogens with zero attached hydrogens (tertiary/aromatic N) is 4. The fourth-order valence-electron chi connectivity index (χ4n) is 3.03. The summed E-state index contributed by atoms with van der Waals surface area (Å²) in [5, 5.41) is 23.3. The number of piperidine rings is 1. The van der Waals surface area contributed by atoms with E-state index < -0.39 is 6.10 Å². The quantitative estimate of drug-likeness (QED) is 0.876. The molecule has 1 aromatic carbocycles. The number of benzene rings is 1. The minimum atomic E-state index is -0.526. The van der Waals surface area contributed by atoms with Crippen molar-refractivity contribution in [1.82, 2.24) is 14.7 Å². The first-order valence-corrected chi connectivity index (χ1v) is 8.27. The number of likely N-dealkylation sites (tertiary alicyclic amines) is 1. The summed E-state index contributed by atoms with van der Waals surface area (Å²) in [5.74, 6) is 0.672. The molecule has 0 saturated carbocycles. The predicted molar refractivity (Wildman–Crippen MR) is 89.6 cm³/mol. The van der Waals surface area contributed by atoms with Gasteiger partial charge < -0.3 is 14.7 Å². The van der Waals surface area contributed by atoms with Crippen molar-refractivity contribution in [2.24, 2.45) is 0 Å². The van der Waals surface area contributed by atoms with Crippen LogP contribution in [-0.2, 0) is 0 Å². The van der Waals surface area contributed by atoms with Crippen LogP contribution in [0.25, 0.3) is 0 Å². The number of aliphatic hydroxyl groups excluding tert-OH is 1. The molecule has 1 fully saturated rings. The van der Waals surface area contributed by atoms with Crippen molar-refractivity contribution in [1.29, 1.82) is 5.26 Å². The van der Waals surface area contributed by atoms with Gasteiger partial charge in [0.2, 0.25) is 0 Å². The zero-order valence-corrected chi connectivity index (χ0v) is 13.6. The molecule has 1 aromatic heterocycles. The van der Waals surface area contributed by atoms with Gasteiger partial charge in [0.05, 0.1) is 17.7 Å². The fourth-order valence-corrected chi connectivity index (χ4v) is 3.03. The molecule has 1 unspecified atom stereocenters. The number of hydrogen-bond acceptors (Lipinski definition) is 5. The lowest BCUT2D eigenvalue weighted by Crippen LogP contribution is -2.41. The first kappa shape index (κ1) is 16.5. The smallest absolute Gasteiger partial charge is 0.119 e. The van der Waals surface area contributed by atoms with Crippen molar-refractivity contribution in [3.05, 3.63) is 48.3 Å². The normalized spacial score (nSPS) is 17.3. The minimum Gasteiger partial charge on any atom is -0.491 e. The number of hydrogen-bond donors (Lipinski definition) is 1. The number of rotatable bonds is 6. The molecule has 1 atom stereocenters. The summed E-state index contributed by atoms with van der Waals surface area (Å²) in [7, 11) is 0. The van der Waals surface area contributed by atoms with Crippen molar-refractivity contribution < 1.29 is 9.84 Å². The Morgan fingerprint density at radius 2 is 2.04 bits per heavy atom. The highest BCUT2D eigenvalue weighted by Crippen LogP contribution is 2.21. The Balaban J connectivity index is 1.39. The van der Waals surface area contributed by atoms with Crippen molar-refractivity contribution >= 4 is 0 Å². The van der Waals surface area contributed by atoms with E-state index in [1.54, 1.807) is 24.3 Å². The van der Waals surface area contributed by atoms with E-state index in [1.165, 1.54) is 0 Å². The van der Waals surface area contributed by atoms with Crippen LogP contribution in [-0.4, -0.2) is 52.1 Å². The van der Waals surface area contributed by atoms with Crippen LogP contribution in [0.5, 0.6) is 5.75 Å². The van der Waals surface area contributed by atoms with E-state index in [4.69, 9.17) is 10.00 Å². The van der Waals surface area contributed by atoms with E-state index in [1.807, 2.05) is 23.1 Å². The molecule has 0 aliphatic carbocycles. The molecule has 1 aliphatic heterocycles. The van der Waals surface area contributed by atoms with Crippen molar-refractivity contribution in [2.45, 2.75) is 25.0 Å². The van der Waals surface area contributed by atoms with Crippen LogP contribution in [0.4, 0.5) is 0 Å². The van der Waals surface area contributed by atoms with Gasteiger partial charge in [0.25, 0.3) is 0 Å². The monoisotopic (exact) mass is 326 g/mol. The van der Waals surface area contributed by atoms with Crippen LogP contribution in [0.3, 0.4) is 0 Å². The molecule has 2 aromatic rings. The Morgan fingerprint density at radius 1 is 1.29 bits per heavy atom. The summed E-state index contributed by atoms with van der Waals surface area (Å²) in [4.78, 5) is 2.27. The van der Waals surface area contributed by atoms with Gasteiger partial charge in [-0.1, -0.05) is 0 Å². The van der Waals surface area contributed by atoms with E-state index in [-0.39, 0.29) is 6.61 Å². The molecular formula is C18H22N4O2. The van der Waals surface area contributed by atoms with E-state index in [2.05, 4.69) is 16.1 Å². The Labute approximate surface area is 141 Å². The average molecular weight is 326 g/mol. The van der Waals surface area contributed by atoms with Gasteiger partial charge in [-0.15, -0.1) is 0 Å². The number of ether oxygens (including phenoxy) is 1. The van der Waals surface area contributed by atoms with E-state index >= 15 is 0 Å². The highest BCUT2D eigenvalue weighted by atomic mass is 16.5. The lowest BCUT2D eigenvalue weighted by molar-refractivity contribution is 0.0550. The van der Waals surface area contributed by atoms with Crippen LogP contribution in [0, 0.1) is 11.3 Å². The predicted octanol–water partition coefficient (Wildman–Crippen LogP) is 1.83. The number of aliphatic hydroxyl groups is 1. The fraction of sp³-hybridized carbons (Fsp3) is 0.444. The maximum absolute atomic E-state index is 10.2. The number of aromatic nitrogens is 2. The summed E-state index contributed by atoms with van der Waals surface area (Å²) in [6.45, 7) is 2.78. The van der Waals surface area contributed by atoms with Crippen molar-refractivity contribution in [3.63, 3.8) is 0 Å². The third-order valence-electron chi connectivity index (χ3n) is 4.35. The first-order valence-electron chi connectivity index (χ1n) is 8.27. The lowest BCUT2D eigenvalue weighted by atomic mass is 10.1. The molecule has 6 heteroatoms. The third kappa shape index (κ3) is 4.34. The molecule has 24 heavy (non-hydrogen) atoms. The van der Waals surface area contributed by atoms with Crippen molar-refractivity contribution in [2.75, 3.05) is 26.2 Å². The van der Waals surface area contributed by atoms with Gasteiger partial charge in [0, 0.05) is 32.0 Å². The van der Waals surface area contributed by atoms with Gasteiger partial charge in [-0.2, -0.15) is 10.4 Å². The van der Waals surface area contributed by atoms with Gasteiger partial charge in [-0.25, -0.2) is 0 Å². The summed E-state index contributed by atoms with van der Waals surface area (Å²) in [6.07, 6.45) is 5.40. The number of nitriles is 1. The zero-order chi connectivity index (χ0) is 16.8. The Hall–Kier alpha value is -2.36. The maximum atomic E-state index is 10.2. The largest absolute Gasteiger partial charge is 0.491 e. The summed E-state index contributed by atoms with van der Waals surface area (Å²) >= 11 is 0. The van der Waals surface area contributed by atoms with E-state index in [0.717, 1.165) is 25.9 Å². The summed E-state index contributed by atoms with van der Waals surface area (Å²) in [5.41, 5.74) is 0.600. The maximum Gasteiger partial charge on any atom is 0.119 e. The average Bonchev–Trinajstić information content (AvgIpc) is 3.16. The molecule has 1 aliphatic rings. The van der Waals surface area contributed by atoms with Crippen LogP contribution in [0.15, 0.2) is 42.7 Å². The summed E-state index contributed by atoms with van der Waals surface area (Å²) < 4.78 is 7.62. The van der Waals surface area contributed by atoms with Gasteiger partial charge >= 0.3 is 0 Å². The van der Waals surface area contributed by atoms with Crippen LogP contribution >= 0.6 is 0 Å². The van der Waals surface area contributed by atoms with Crippen molar-refractivity contribution in [3.8, 4) is 11.8 Å². The SMILES string of the molecule is N#Cc1ccc(OCC(O)CN2CCC(n3cccn3)CC2)cc1. The molecule has 0 bridgehead atoms. The molecule has 1 saturated heterocycles. The third-order valence-corrected chi connectivity index (χ3v) is 4.35. The van der Waals surface area contributed by atoms with E-state index in [0.29, 0.717) is 23.9 Å². The van der Waals surface area contributed by atoms with E-state index in [9.17, 15) is 5.11 Å². The molecular weight excluding hydrogens is 304 g/mol. The molecule has 6 nitrogen and oxygen atoms in total.